The molecule has 0 aliphatic rings. The molecule has 1 aromatic carbocycles. The molecule has 0 atom stereocenters. The molecule has 0 saturated heterocycles. The first-order valence-electron chi connectivity index (χ1n) is 6.59. The van der Waals surface area contributed by atoms with Crippen LogP contribution in [0.5, 0.6) is 0 Å². The van der Waals surface area contributed by atoms with E-state index in [2.05, 4.69) is 10.0 Å². The minimum absolute atomic E-state index is 0.657. The quantitative estimate of drug-likeness (QED) is 0.200. The first kappa shape index (κ1) is 20.4. The second-order valence-electron chi connectivity index (χ2n) is 4.87. The maximum absolute atomic E-state index is 10.7. The van der Waals surface area contributed by atoms with Gasteiger partial charge in [0.25, 0.3) is 0 Å². The van der Waals surface area contributed by atoms with E-state index in [1.807, 2.05) is 61.3 Å². The van der Waals surface area contributed by atoms with Crippen molar-refractivity contribution in [3.63, 3.8) is 0 Å². The molecule has 1 aromatic heterocycles. The SMILES string of the molecule is Cc1ccc(N=[N+]=[N-])c(-c2ccc[n+](C)c2)c1.O=S(=O)([O-])C(F)(F)F. The fourth-order valence-corrected chi connectivity index (χ4v) is 1.76. The van der Waals surface area contributed by atoms with Crippen LogP contribution < -0.4 is 4.57 Å². The molecule has 0 bridgehead atoms. The Labute approximate surface area is 141 Å². The van der Waals surface area contributed by atoms with E-state index in [-0.39, 0.29) is 0 Å². The van der Waals surface area contributed by atoms with Crippen molar-refractivity contribution in [1.29, 1.82) is 0 Å². The molecule has 0 amide bonds. The third kappa shape index (κ3) is 6.07. The predicted molar refractivity (Wildman–Crippen MR) is 82.3 cm³/mol. The Hall–Kier alpha value is -2.62. The van der Waals surface area contributed by atoms with Crippen molar-refractivity contribution in [2.75, 3.05) is 0 Å². The van der Waals surface area contributed by atoms with Crippen LogP contribution in [0.25, 0.3) is 21.6 Å². The molecule has 0 spiro atoms. The van der Waals surface area contributed by atoms with Gasteiger partial charge in [-0.3, -0.25) is 0 Å². The molecule has 25 heavy (non-hydrogen) atoms. The Kier molecular flexibility index (Phi) is 6.51. The topological polar surface area (TPSA) is 110 Å². The van der Waals surface area contributed by atoms with Crippen molar-refractivity contribution < 1.29 is 30.7 Å². The number of rotatable bonds is 2. The van der Waals surface area contributed by atoms with Crippen LogP contribution in [0.4, 0.5) is 18.9 Å². The predicted octanol–water partition coefficient (Wildman–Crippen LogP) is 3.48. The van der Waals surface area contributed by atoms with Gasteiger partial charge in [-0.05, 0) is 24.1 Å². The van der Waals surface area contributed by atoms with Crippen molar-refractivity contribution in [2.45, 2.75) is 12.4 Å². The maximum atomic E-state index is 10.7. The maximum Gasteiger partial charge on any atom is 0.485 e. The number of azide groups is 1. The molecule has 11 heteroatoms. The molecule has 2 aromatic rings. The van der Waals surface area contributed by atoms with E-state index in [0.29, 0.717) is 5.69 Å². The molecule has 0 aliphatic heterocycles. The van der Waals surface area contributed by atoms with E-state index in [1.54, 1.807) is 0 Å². The van der Waals surface area contributed by atoms with Gasteiger partial charge in [0.15, 0.2) is 22.5 Å². The molecule has 0 saturated carbocycles. The number of hydrogen-bond acceptors (Lipinski definition) is 4. The number of alkyl halides is 3. The second kappa shape index (κ2) is 7.97. The highest BCUT2D eigenvalue weighted by atomic mass is 32.2. The summed E-state index contributed by atoms with van der Waals surface area (Å²) in [6.07, 6.45) is 3.97. The first-order chi connectivity index (χ1) is 11.5. The Morgan fingerprint density at radius 2 is 1.88 bits per heavy atom. The Morgan fingerprint density at radius 1 is 1.28 bits per heavy atom. The number of pyridine rings is 1. The van der Waals surface area contributed by atoms with Gasteiger partial charge >= 0.3 is 5.51 Å². The summed E-state index contributed by atoms with van der Waals surface area (Å²) in [4.78, 5) is 2.86. The summed E-state index contributed by atoms with van der Waals surface area (Å²) in [5.41, 5.74) is 6.72. The van der Waals surface area contributed by atoms with Crippen LogP contribution in [0.1, 0.15) is 5.56 Å². The van der Waals surface area contributed by atoms with Crippen LogP contribution in [-0.2, 0) is 17.2 Å². The normalized spacial score (nSPS) is 11.1. The van der Waals surface area contributed by atoms with Gasteiger partial charge in [0.1, 0.15) is 7.05 Å². The second-order valence-corrected chi connectivity index (χ2v) is 6.24. The molecule has 0 N–H and O–H groups in total. The van der Waals surface area contributed by atoms with Gasteiger partial charge < -0.3 is 4.55 Å². The lowest BCUT2D eigenvalue weighted by Crippen LogP contribution is -2.26. The highest BCUT2D eigenvalue weighted by molar-refractivity contribution is 7.86. The zero-order valence-corrected chi connectivity index (χ0v) is 13.9. The van der Waals surface area contributed by atoms with Gasteiger partial charge in [0.05, 0.1) is 0 Å². The largest absolute Gasteiger partial charge is 0.741 e. The zero-order valence-electron chi connectivity index (χ0n) is 13.1. The Balaban J connectivity index is 0.000000333. The minimum atomic E-state index is -6.09. The summed E-state index contributed by atoms with van der Waals surface area (Å²) >= 11 is 0. The standard InChI is InChI=1S/C13H13N4.CHF3O3S/c1-10-5-6-13(15-16-14)12(8-10)11-4-3-7-17(2)9-11;2-1(3,4)8(5,6)7/h3-9H,1-2H3;(H,5,6,7)/q+1;/p-1. The fraction of sp³-hybridized carbons (Fsp3) is 0.214. The summed E-state index contributed by atoms with van der Waals surface area (Å²) < 4.78 is 60.9. The molecular formula is C14H13F3N4O3S. The molecule has 7 nitrogen and oxygen atoms in total. The number of aromatic nitrogens is 1. The summed E-state index contributed by atoms with van der Waals surface area (Å²) in [5.74, 6) is 0. The van der Waals surface area contributed by atoms with Crippen LogP contribution in [0.15, 0.2) is 47.8 Å². The van der Waals surface area contributed by atoms with E-state index >= 15 is 0 Å². The lowest BCUT2D eigenvalue weighted by molar-refractivity contribution is -0.671. The molecule has 2 rings (SSSR count). The number of hydrogen-bond donors (Lipinski definition) is 0. The van der Waals surface area contributed by atoms with Gasteiger partial charge in [-0.1, -0.05) is 28.9 Å². The van der Waals surface area contributed by atoms with Crippen LogP contribution in [-0.4, -0.2) is 18.5 Å². The summed E-state index contributed by atoms with van der Waals surface area (Å²) in [5, 5.41) is 3.73. The van der Waals surface area contributed by atoms with Crippen molar-refractivity contribution in [2.24, 2.45) is 12.2 Å². The smallest absolute Gasteiger partial charge is 0.485 e. The Morgan fingerprint density at radius 3 is 2.36 bits per heavy atom. The summed E-state index contributed by atoms with van der Waals surface area (Å²) in [7, 11) is -4.13. The van der Waals surface area contributed by atoms with Gasteiger partial charge in [-0.15, -0.1) is 0 Å². The lowest BCUT2D eigenvalue weighted by atomic mass is 10.0. The van der Waals surface area contributed by atoms with Crippen LogP contribution >= 0.6 is 0 Å². The van der Waals surface area contributed by atoms with Crippen molar-refractivity contribution in [3.05, 3.63) is 58.7 Å². The lowest BCUT2D eigenvalue weighted by Gasteiger charge is -2.08. The molecule has 1 heterocycles. The summed E-state index contributed by atoms with van der Waals surface area (Å²) in [6.45, 7) is 2.02. The third-order valence-corrected chi connectivity index (χ3v) is 3.41. The molecule has 134 valence electrons. The number of benzene rings is 1. The van der Waals surface area contributed by atoms with Crippen LogP contribution in [0, 0.1) is 6.92 Å². The van der Waals surface area contributed by atoms with Gasteiger partial charge in [0, 0.05) is 22.2 Å². The number of aryl methyl sites for hydroxylation is 2. The van der Waals surface area contributed by atoms with Crippen molar-refractivity contribution in [1.82, 2.24) is 0 Å². The first-order valence-corrected chi connectivity index (χ1v) is 8.00. The summed E-state index contributed by atoms with van der Waals surface area (Å²) in [6, 6.07) is 9.79. The third-order valence-electron chi connectivity index (χ3n) is 2.84. The molecule has 0 radical (unpaired) electrons. The molecular weight excluding hydrogens is 361 g/mol. The van der Waals surface area contributed by atoms with E-state index < -0.39 is 15.6 Å². The molecule has 0 fully saturated rings. The number of halogens is 3. The van der Waals surface area contributed by atoms with Crippen LogP contribution in [0.3, 0.4) is 0 Å². The fourth-order valence-electron chi connectivity index (χ4n) is 1.76. The highest BCUT2D eigenvalue weighted by Gasteiger charge is 2.36. The van der Waals surface area contributed by atoms with E-state index in [4.69, 9.17) is 18.5 Å². The average molecular weight is 374 g/mol. The molecule has 0 aliphatic carbocycles. The Bertz CT molecular complexity index is 908. The molecule has 0 unspecified atom stereocenters. The van der Waals surface area contributed by atoms with E-state index in [9.17, 15) is 13.2 Å². The van der Waals surface area contributed by atoms with Gasteiger partial charge in [-0.2, -0.15) is 13.2 Å². The number of nitrogens with zero attached hydrogens (tertiary/aromatic N) is 4. The monoisotopic (exact) mass is 374 g/mol. The average Bonchev–Trinajstić information content (AvgIpc) is 2.48. The van der Waals surface area contributed by atoms with Gasteiger partial charge in [0.2, 0.25) is 0 Å². The highest BCUT2D eigenvalue weighted by Crippen LogP contribution is 2.30. The van der Waals surface area contributed by atoms with Gasteiger partial charge in [-0.25, -0.2) is 13.0 Å². The van der Waals surface area contributed by atoms with Crippen molar-refractivity contribution in [3.8, 4) is 11.1 Å². The van der Waals surface area contributed by atoms with E-state index in [1.165, 1.54) is 0 Å². The van der Waals surface area contributed by atoms with Crippen LogP contribution in [0.2, 0.25) is 0 Å². The zero-order chi connectivity index (χ0) is 19.3. The van der Waals surface area contributed by atoms with E-state index in [0.717, 1.165) is 16.7 Å². The van der Waals surface area contributed by atoms with Crippen molar-refractivity contribution >= 4 is 15.8 Å². The minimum Gasteiger partial charge on any atom is -0.741 e.